The van der Waals surface area contributed by atoms with Crippen molar-refractivity contribution in [2.75, 3.05) is 5.32 Å². The van der Waals surface area contributed by atoms with Crippen molar-refractivity contribution in [2.45, 2.75) is 12.8 Å². The van der Waals surface area contributed by atoms with Gasteiger partial charge in [0.2, 0.25) is 0 Å². The number of nitriles is 1. The Balaban J connectivity index is 2.21. The molecule has 1 aromatic carbocycles. The summed E-state index contributed by atoms with van der Waals surface area (Å²) in [5.74, 6) is -0.287. The van der Waals surface area contributed by atoms with Gasteiger partial charge in [-0.25, -0.2) is 4.39 Å². The second-order valence-corrected chi connectivity index (χ2v) is 5.49. The molecular formula is C13H10BrFN2OS. The molecule has 1 aliphatic carbocycles. The Morgan fingerprint density at radius 2 is 2.21 bits per heavy atom. The number of rotatable bonds is 3. The van der Waals surface area contributed by atoms with Gasteiger partial charge in [0.1, 0.15) is 28.2 Å². The van der Waals surface area contributed by atoms with E-state index in [9.17, 15) is 9.50 Å². The minimum atomic E-state index is -0.375. The van der Waals surface area contributed by atoms with Gasteiger partial charge in [0.05, 0.1) is 5.69 Å². The van der Waals surface area contributed by atoms with Crippen LogP contribution in [0.15, 0.2) is 34.0 Å². The molecule has 98 valence electrons. The average Bonchev–Trinajstić information content (AvgIpc) is 3.17. The highest BCUT2D eigenvalue weighted by Crippen LogP contribution is 2.36. The van der Waals surface area contributed by atoms with Crippen LogP contribution in [0.4, 0.5) is 10.1 Å². The number of aliphatic hydroxyl groups excluding tert-OH is 1. The highest BCUT2D eigenvalue weighted by Gasteiger charge is 2.29. The van der Waals surface area contributed by atoms with Crippen LogP contribution < -0.4 is 5.32 Å². The fourth-order valence-corrected chi connectivity index (χ4v) is 2.27. The molecule has 0 amide bonds. The summed E-state index contributed by atoms with van der Waals surface area (Å²) in [6.07, 6.45) is 1.75. The zero-order chi connectivity index (χ0) is 14.0. The first-order valence-electron chi connectivity index (χ1n) is 5.62. The first-order valence-corrected chi connectivity index (χ1v) is 6.82. The summed E-state index contributed by atoms with van der Waals surface area (Å²) >= 11 is 8.31. The van der Waals surface area contributed by atoms with Gasteiger partial charge in [-0.1, -0.05) is 12.2 Å². The quantitative estimate of drug-likeness (QED) is 0.377. The van der Waals surface area contributed by atoms with Gasteiger partial charge in [-0.2, -0.15) is 5.26 Å². The number of anilines is 1. The Kier molecular flexibility index (Phi) is 4.17. The Labute approximate surface area is 123 Å². The van der Waals surface area contributed by atoms with Crippen molar-refractivity contribution in [1.29, 1.82) is 5.26 Å². The van der Waals surface area contributed by atoms with E-state index in [0.29, 0.717) is 10.2 Å². The maximum Gasteiger partial charge on any atom is 0.125 e. The third-order valence-electron chi connectivity index (χ3n) is 2.74. The van der Waals surface area contributed by atoms with Gasteiger partial charge in [-0.05, 0) is 47.0 Å². The Morgan fingerprint density at radius 1 is 1.53 bits per heavy atom. The van der Waals surface area contributed by atoms with Crippen molar-refractivity contribution < 1.29 is 9.50 Å². The smallest absolute Gasteiger partial charge is 0.125 e. The predicted molar refractivity (Wildman–Crippen MR) is 78.3 cm³/mol. The summed E-state index contributed by atoms with van der Waals surface area (Å²) in [4.78, 5) is 0.138. The third kappa shape index (κ3) is 3.31. The van der Waals surface area contributed by atoms with Gasteiger partial charge >= 0.3 is 0 Å². The molecule has 2 N–H and O–H groups in total. The lowest BCUT2D eigenvalue weighted by atomic mass is 10.2. The molecule has 0 saturated heterocycles. The highest BCUT2D eigenvalue weighted by atomic mass is 79.9. The summed E-state index contributed by atoms with van der Waals surface area (Å²) in [5, 5.41) is 21.8. The molecular weight excluding hydrogens is 331 g/mol. The van der Waals surface area contributed by atoms with E-state index in [1.54, 1.807) is 0 Å². The first-order chi connectivity index (χ1) is 9.02. The molecule has 0 radical (unpaired) electrons. The molecule has 0 unspecified atom stereocenters. The lowest BCUT2D eigenvalue weighted by molar-refractivity contribution is 0.377. The summed E-state index contributed by atoms with van der Waals surface area (Å²) in [6.45, 7) is 0. The number of nitrogens with one attached hydrogen (secondary N) is 1. The minimum absolute atomic E-state index is 0.0400. The fraction of sp³-hybridized carbons (Fsp3) is 0.231. The molecule has 3 nitrogen and oxygen atoms in total. The van der Waals surface area contributed by atoms with Gasteiger partial charge in [-0.15, -0.1) is 0 Å². The van der Waals surface area contributed by atoms with Crippen LogP contribution in [0.5, 0.6) is 0 Å². The van der Waals surface area contributed by atoms with E-state index >= 15 is 0 Å². The molecule has 0 heterocycles. The Morgan fingerprint density at radius 3 is 2.74 bits per heavy atom. The van der Waals surface area contributed by atoms with E-state index in [2.05, 4.69) is 21.2 Å². The molecule has 0 spiro atoms. The molecule has 0 aliphatic heterocycles. The highest BCUT2D eigenvalue weighted by molar-refractivity contribution is 9.10. The van der Waals surface area contributed by atoms with Gasteiger partial charge in [0, 0.05) is 10.4 Å². The molecule has 1 aliphatic rings. The van der Waals surface area contributed by atoms with Crippen LogP contribution in [0.25, 0.3) is 0 Å². The zero-order valence-corrected chi connectivity index (χ0v) is 12.2. The van der Waals surface area contributed by atoms with Crippen LogP contribution in [0.1, 0.15) is 12.8 Å². The molecule has 1 fully saturated rings. The molecule has 0 atom stereocenters. The van der Waals surface area contributed by atoms with Gasteiger partial charge in [0.15, 0.2) is 0 Å². The standard InChI is InChI=1S/C13H10BrFN2OS/c14-10-5-8(15)3-4-11(10)17-13(19)9(6-16)12(18)7-1-2-7/h3-5,7,18H,1-2H2,(H,17,19). The normalized spacial score (nSPS) is 15.4. The minimum Gasteiger partial charge on any atom is -0.511 e. The number of thiocarbonyl (C=S) groups is 1. The maximum absolute atomic E-state index is 13.0. The average molecular weight is 341 g/mol. The van der Waals surface area contributed by atoms with E-state index < -0.39 is 0 Å². The van der Waals surface area contributed by atoms with E-state index in [-0.39, 0.29) is 28.1 Å². The largest absolute Gasteiger partial charge is 0.511 e. The summed E-state index contributed by atoms with van der Waals surface area (Å²) in [5.41, 5.74) is 0.622. The Bertz CT molecular complexity index is 605. The van der Waals surface area contributed by atoms with Crippen molar-refractivity contribution in [2.24, 2.45) is 5.92 Å². The van der Waals surface area contributed by atoms with E-state index in [1.165, 1.54) is 18.2 Å². The van der Waals surface area contributed by atoms with E-state index in [1.807, 2.05) is 6.07 Å². The van der Waals surface area contributed by atoms with Gasteiger partial charge in [-0.3, -0.25) is 0 Å². The fourth-order valence-electron chi connectivity index (χ4n) is 1.56. The number of hydrogen-bond donors (Lipinski definition) is 2. The molecule has 0 aromatic heterocycles. The van der Waals surface area contributed by atoms with Gasteiger partial charge < -0.3 is 10.4 Å². The SMILES string of the molecule is N#CC(C(=S)Nc1ccc(F)cc1Br)=C(O)C1CC1. The molecule has 1 saturated carbocycles. The number of nitrogens with zero attached hydrogens (tertiary/aromatic N) is 1. The van der Waals surface area contributed by atoms with Crippen molar-refractivity contribution in [3.8, 4) is 6.07 Å². The molecule has 1 aromatic rings. The van der Waals surface area contributed by atoms with E-state index in [0.717, 1.165) is 12.8 Å². The van der Waals surface area contributed by atoms with Crippen LogP contribution in [0.3, 0.4) is 0 Å². The van der Waals surface area contributed by atoms with Crippen LogP contribution in [0.2, 0.25) is 0 Å². The van der Waals surface area contributed by atoms with Crippen molar-refractivity contribution in [3.63, 3.8) is 0 Å². The van der Waals surface area contributed by atoms with Crippen molar-refractivity contribution >= 4 is 38.8 Å². The summed E-state index contributed by atoms with van der Waals surface area (Å²) in [7, 11) is 0. The van der Waals surface area contributed by atoms with Crippen LogP contribution >= 0.6 is 28.1 Å². The number of hydrogen-bond acceptors (Lipinski definition) is 3. The topological polar surface area (TPSA) is 56.0 Å². The second-order valence-electron chi connectivity index (χ2n) is 4.22. The number of halogens is 2. The molecule has 0 bridgehead atoms. The zero-order valence-electron chi connectivity index (χ0n) is 9.78. The van der Waals surface area contributed by atoms with Crippen LogP contribution in [0, 0.1) is 23.1 Å². The lowest BCUT2D eigenvalue weighted by Gasteiger charge is -2.10. The van der Waals surface area contributed by atoms with E-state index in [4.69, 9.17) is 17.5 Å². The third-order valence-corrected chi connectivity index (χ3v) is 3.70. The van der Waals surface area contributed by atoms with Crippen LogP contribution in [-0.2, 0) is 0 Å². The van der Waals surface area contributed by atoms with Crippen LogP contribution in [-0.4, -0.2) is 10.1 Å². The molecule has 19 heavy (non-hydrogen) atoms. The number of aliphatic hydroxyl groups is 1. The Hall–Kier alpha value is -1.45. The molecule has 2 rings (SSSR count). The summed E-state index contributed by atoms with van der Waals surface area (Å²) < 4.78 is 13.5. The van der Waals surface area contributed by atoms with Gasteiger partial charge in [0.25, 0.3) is 0 Å². The summed E-state index contributed by atoms with van der Waals surface area (Å²) in [6, 6.07) is 6.00. The first kappa shape index (κ1) is 14.0. The molecule has 6 heteroatoms. The second kappa shape index (κ2) is 5.68. The number of benzene rings is 1. The van der Waals surface area contributed by atoms with Crippen molar-refractivity contribution in [1.82, 2.24) is 0 Å². The maximum atomic E-state index is 13.0. The lowest BCUT2D eigenvalue weighted by Crippen LogP contribution is -2.14. The van der Waals surface area contributed by atoms with Crippen molar-refractivity contribution in [3.05, 3.63) is 39.8 Å². The monoisotopic (exact) mass is 340 g/mol. The number of allylic oxidation sites excluding steroid dienone is 1. The predicted octanol–water partition coefficient (Wildman–Crippen LogP) is 4.07.